The predicted octanol–water partition coefficient (Wildman–Crippen LogP) is -1.87. The number of hydrogen-bond acceptors (Lipinski definition) is 3. The van der Waals surface area contributed by atoms with E-state index in [1.807, 2.05) is 0 Å². The Hall–Kier alpha value is -1.79. The highest BCUT2D eigenvalue weighted by Crippen LogP contribution is 2.17. The SMILES string of the molecule is CC(=O)N[C@H]1C[C@H](C(N)=O)N(C(N)=O)C1. The molecule has 1 heterocycles. The van der Waals surface area contributed by atoms with E-state index >= 15 is 0 Å². The molecule has 0 aromatic rings. The zero-order valence-electron chi connectivity index (χ0n) is 8.40. The monoisotopic (exact) mass is 214 g/mol. The fourth-order valence-corrected chi connectivity index (χ4v) is 1.74. The van der Waals surface area contributed by atoms with Crippen molar-refractivity contribution < 1.29 is 14.4 Å². The molecule has 0 spiro atoms. The van der Waals surface area contributed by atoms with Gasteiger partial charge in [0.25, 0.3) is 0 Å². The number of nitrogens with one attached hydrogen (secondary N) is 1. The van der Waals surface area contributed by atoms with Crippen molar-refractivity contribution in [1.82, 2.24) is 10.2 Å². The molecule has 0 aromatic heterocycles. The van der Waals surface area contributed by atoms with Crippen molar-refractivity contribution in [3.05, 3.63) is 0 Å². The molecule has 2 atom stereocenters. The van der Waals surface area contributed by atoms with Crippen LogP contribution in [-0.2, 0) is 9.59 Å². The predicted molar refractivity (Wildman–Crippen MR) is 51.5 cm³/mol. The highest BCUT2D eigenvalue weighted by atomic mass is 16.2. The van der Waals surface area contributed by atoms with Gasteiger partial charge in [0.1, 0.15) is 6.04 Å². The van der Waals surface area contributed by atoms with Crippen molar-refractivity contribution in [3.8, 4) is 0 Å². The van der Waals surface area contributed by atoms with E-state index in [0.29, 0.717) is 6.42 Å². The van der Waals surface area contributed by atoms with Crippen molar-refractivity contribution in [2.45, 2.75) is 25.4 Å². The van der Waals surface area contributed by atoms with Gasteiger partial charge in [-0.25, -0.2) is 4.79 Å². The molecular formula is C8H14N4O3. The second kappa shape index (κ2) is 4.16. The Bertz CT molecular complexity index is 282. The van der Waals surface area contributed by atoms with Crippen LogP contribution in [0.2, 0.25) is 0 Å². The van der Waals surface area contributed by atoms with Gasteiger partial charge in [-0.15, -0.1) is 0 Å². The minimum absolute atomic E-state index is 0.213. The van der Waals surface area contributed by atoms with Crippen LogP contribution >= 0.6 is 0 Å². The Morgan fingerprint density at radius 3 is 2.27 bits per heavy atom. The van der Waals surface area contributed by atoms with Crippen LogP contribution in [0, 0.1) is 0 Å². The lowest BCUT2D eigenvalue weighted by Gasteiger charge is -2.18. The highest BCUT2D eigenvalue weighted by molar-refractivity contribution is 5.86. The van der Waals surface area contributed by atoms with E-state index in [2.05, 4.69) is 5.32 Å². The van der Waals surface area contributed by atoms with Gasteiger partial charge in [0.2, 0.25) is 11.8 Å². The molecule has 0 unspecified atom stereocenters. The minimum atomic E-state index is -0.723. The minimum Gasteiger partial charge on any atom is -0.368 e. The van der Waals surface area contributed by atoms with Crippen molar-refractivity contribution in [2.24, 2.45) is 11.5 Å². The number of primary amides is 2. The summed E-state index contributed by atoms with van der Waals surface area (Å²) in [4.78, 5) is 33.9. The zero-order chi connectivity index (χ0) is 11.6. The number of nitrogens with zero attached hydrogens (tertiary/aromatic N) is 1. The largest absolute Gasteiger partial charge is 0.368 e. The molecule has 0 bridgehead atoms. The van der Waals surface area contributed by atoms with Gasteiger partial charge in [-0.2, -0.15) is 0 Å². The van der Waals surface area contributed by atoms with Gasteiger partial charge in [0.15, 0.2) is 0 Å². The second-order valence-corrected chi connectivity index (χ2v) is 3.54. The van der Waals surface area contributed by atoms with Gasteiger partial charge < -0.3 is 21.7 Å². The van der Waals surface area contributed by atoms with E-state index in [1.54, 1.807) is 0 Å². The number of carbonyl (C=O) groups is 3. The first-order chi connectivity index (χ1) is 6.91. The Labute approximate surface area is 86.8 Å². The van der Waals surface area contributed by atoms with Crippen LogP contribution in [-0.4, -0.2) is 41.4 Å². The van der Waals surface area contributed by atoms with Crippen LogP contribution in [0.25, 0.3) is 0 Å². The van der Waals surface area contributed by atoms with Gasteiger partial charge in [-0.3, -0.25) is 9.59 Å². The summed E-state index contributed by atoms with van der Waals surface area (Å²) in [6.45, 7) is 1.59. The maximum absolute atomic E-state index is 11.0. The van der Waals surface area contributed by atoms with Gasteiger partial charge >= 0.3 is 6.03 Å². The fourth-order valence-electron chi connectivity index (χ4n) is 1.74. The van der Waals surface area contributed by atoms with E-state index in [-0.39, 0.29) is 18.5 Å². The van der Waals surface area contributed by atoms with Gasteiger partial charge in [0.05, 0.1) is 0 Å². The third-order valence-corrected chi connectivity index (χ3v) is 2.32. The lowest BCUT2D eigenvalue weighted by molar-refractivity contribution is -0.122. The molecule has 7 nitrogen and oxygen atoms in total. The average molecular weight is 214 g/mol. The lowest BCUT2D eigenvalue weighted by atomic mass is 10.1. The molecule has 1 rings (SSSR count). The number of rotatable bonds is 2. The van der Waals surface area contributed by atoms with Gasteiger partial charge in [-0.05, 0) is 6.42 Å². The standard InChI is InChI=1S/C8H14N4O3/c1-4(13)11-5-2-6(7(9)14)12(3-5)8(10)15/h5-6H,2-3H2,1H3,(H2,9,14)(H2,10,15)(H,11,13)/t5-,6+/m0/s1. The lowest BCUT2D eigenvalue weighted by Crippen LogP contribution is -2.46. The van der Waals surface area contributed by atoms with Crippen molar-refractivity contribution in [3.63, 3.8) is 0 Å². The summed E-state index contributed by atoms with van der Waals surface area (Å²) in [5.74, 6) is -0.823. The number of amides is 4. The Morgan fingerprint density at radius 2 is 1.93 bits per heavy atom. The fraction of sp³-hybridized carbons (Fsp3) is 0.625. The molecule has 0 aromatic carbocycles. The van der Waals surface area contributed by atoms with E-state index in [9.17, 15) is 14.4 Å². The summed E-state index contributed by atoms with van der Waals surface area (Å²) in [5, 5.41) is 2.62. The maximum atomic E-state index is 11.0. The Morgan fingerprint density at radius 1 is 1.33 bits per heavy atom. The first-order valence-corrected chi connectivity index (χ1v) is 4.54. The van der Waals surface area contributed by atoms with E-state index in [4.69, 9.17) is 11.5 Å². The Balaban J connectivity index is 2.69. The van der Waals surface area contributed by atoms with Gasteiger partial charge in [-0.1, -0.05) is 0 Å². The molecule has 4 amide bonds. The molecule has 7 heteroatoms. The number of likely N-dealkylation sites (tertiary alicyclic amines) is 1. The van der Waals surface area contributed by atoms with Gasteiger partial charge in [0, 0.05) is 19.5 Å². The second-order valence-electron chi connectivity index (χ2n) is 3.54. The molecular weight excluding hydrogens is 200 g/mol. The van der Waals surface area contributed by atoms with Crippen LogP contribution in [0.1, 0.15) is 13.3 Å². The summed E-state index contributed by atoms with van der Waals surface area (Å²) in [7, 11) is 0. The number of hydrogen-bond donors (Lipinski definition) is 3. The van der Waals surface area contributed by atoms with Crippen LogP contribution in [0.3, 0.4) is 0 Å². The van der Waals surface area contributed by atoms with E-state index < -0.39 is 18.0 Å². The Kier molecular flexibility index (Phi) is 3.13. The van der Waals surface area contributed by atoms with Crippen LogP contribution in [0.5, 0.6) is 0 Å². The first kappa shape index (κ1) is 11.3. The smallest absolute Gasteiger partial charge is 0.315 e. The molecule has 1 aliphatic rings. The molecule has 0 radical (unpaired) electrons. The van der Waals surface area contributed by atoms with Crippen LogP contribution in [0.4, 0.5) is 4.79 Å². The summed E-state index contributed by atoms with van der Waals surface area (Å²) >= 11 is 0. The maximum Gasteiger partial charge on any atom is 0.315 e. The van der Waals surface area contributed by atoms with E-state index in [1.165, 1.54) is 11.8 Å². The summed E-state index contributed by atoms with van der Waals surface area (Å²) < 4.78 is 0. The van der Waals surface area contributed by atoms with Crippen LogP contribution < -0.4 is 16.8 Å². The molecule has 15 heavy (non-hydrogen) atoms. The molecule has 5 N–H and O–H groups in total. The molecule has 1 fully saturated rings. The first-order valence-electron chi connectivity index (χ1n) is 4.54. The topological polar surface area (TPSA) is 119 Å². The normalized spacial score (nSPS) is 25.0. The van der Waals surface area contributed by atoms with Crippen molar-refractivity contribution in [2.75, 3.05) is 6.54 Å². The molecule has 1 aliphatic heterocycles. The van der Waals surface area contributed by atoms with Crippen LogP contribution in [0.15, 0.2) is 0 Å². The quantitative estimate of drug-likeness (QED) is 0.499. The average Bonchev–Trinajstić information content (AvgIpc) is 2.46. The number of nitrogens with two attached hydrogens (primary N) is 2. The molecule has 0 saturated carbocycles. The molecule has 1 saturated heterocycles. The number of carbonyl (C=O) groups excluding carboxylic acids is 3. The van der Waals surface area contributed by atoms with Crippen molar-refractivity contribution in [1.29, 1.82) is 0 Å². The van der Waals surface area contributed by atoms with Crippen molar-refractivity contribution >= 4 is 17.8 Å². The highest BCUT2D eigenvalue weighted by Gasteiger charge is 2.37. The zero-order valence-corrected chi connectivity index (χ0v) is 8.40. The number of urea groups is 1. The third kappa shape index (κ3) is 2.58. The van der Waals surface area contributed by atoms with E-state index in [0.717, 1.165) is 0 Å². The summed E-state index contributed by atoms with van der Waals surface area (Å²) in [6, 6.07) is -1.68. The molecule has 0 aliphatic carbocycles. The molecule has 84 valence electrons. The third-order valence-electron chi connectivity index (χ3n) is 2.32. The summed E-state index contributed by atoms with van der Waals surface area (Å²) in [5.41, 5.74) is 10.2. The summed E-state index contributed by atoms with van der Waals surface area (Å²) in [6.07, 6.45) is 0.317.